The van der Waals surface area contributed by atoms with Gasteiger partial charge in [0.25, 0.3) is 0 Å². The molecule has 0 atom stereocenters. The maximum Gasteiger partial charge on any atom is 0.0999 e. The van der Waals surface area contributed by atoms with Crippen LogP contribution in [-0.2, 0) is 5.54 Å². The zero-order chi connectivity index (χ0) is 30.8. The van der Waals surface area contributed by atoms with E-state index in [1.807, 2.05) is 0 Å². The highest BCUT2D eigenvalue weighted by molar-refractivity contribution is 7.14. The molecule has 0 spiro atoms. The average molecular weight is 622 g/mol. The van der Waals surface area contributed by atoms with Crippen LogP contribution in [0.1, 0.15) is 20.8 Å². The van der Waals surface area contributed by atoms with Crippen molar-refractivity contribution in [1.82, 2.24) is 4.57 Å². The Labute approximate surface area is 273 Å². The van der Waals surface area contributed by atoms with Crippen LogP contribution in [0.5, 0.6) is 0 Å². The second-order valence-corrected chi connectivity index (χ2v) is 13.8. The van der Waals surface area contributed by atoms with Gasteiger partial charge in [-0.15, -0.1) is 22.7 Å². The molecule has 0 aliphatic carbocycles. The second kappa shape index (κ2) is 12.3. The van der Waals surface area contributed by atoms with E-state index in [0.29, 0.717) is 0 Å². The SMILES string of the molecule is CC(C)(C)n1c(-c2ccc(N(c3ccccc3)c3cccs3)cc2)ccc1-c1ccc(N(c2ccccc2)c2cccs2)cc1. The lowest BCUT2D eigenvalue weighted by Crippen LogP contribution is -2.23. The molecule has 4 aromatic carbocycles. The van der Waals surface area contributed by atoms with E-state index in [1.54, 1.807) is 22.7 Å². The molecular weight excluding hydrogens is 587 g/mol. The molecule has 0 amide bonds. The van der Waals surface area contributed by atoms with Crippen LogP contribution in [0.25, 0.3) is 22.5 Å². The fraction of sp³-hybridized carbons (Fsp3) is 0.100. The van der Waals surface area contributed by atoms with Crippen molar-refractivity contribution in [2.75, 3.05) is 9.80 Å². The Morgan fingerprint density at radius 2 is 0.800 bits per heavy atom. The first-order valence-corrected chi connectivity index (χ1v) is 16.9. The molecule has 3 aromatic heterocycles. The average Bonchev–Trinajstić information content (AvgIpc) is 3.86. The van der Waals surface area contributed by atoms with Crippen LogP contribution in [-0.4, -0.2) is 4.57 Å². The van der Waals surface area contributed by atoms with Crippen molar-refractivity contribution in [2.24, 2.45) is 0 Å². The first-order chi connectivity index (χ1) is 22.0. The van der Waals surface area contributed by atoms with Gasteiger partial charge in [0.1, 0.15) is 0 Å². The molecule has 0 aliphatic heterocycles. The summed E-state index contributed by atoms with van der Waals surface area (Å²) in [5.41, 5.74) is 9.29. The lowest BCUT2D eigenvalue weighted by atomic mass is 10.0. The monoisotopic (exact) mass is 621 g/mol. The van der Waals surface area contributed by atoms with Crippen LogP contribution in [0.4, 0.5) is 32.8 Å². The summed E-state index contributed by atoms with van der Waals surface area (Å²) in [6, 6.07) is 52.2. The first kappa shape index (κ1) is 28.9. The van der Waals surface area contributed by atoms with E-state index in [1.165, 1.54) is 32.5 Å². The highest BCUT2D eigenvalue weighted by Crippen LogP contribution is 2.41. The normalized spacial score (nSPS) is 11.4. The number of aromatic nitrogens is 1. The zero-order valence-electron chi connectivity index (χ0n) is 25.7. The van der Waals surface area contributed by atoms with Crippen molar-refractivity contribution >= 4 is 55.4 Å². The molecular formula is C40H35N3S2. The van der Waals surface area contributed by atoms with Crippen molar-refractivity contribution in [1.29, 1.82) is 0 Å². The van der Waals surface area contributed by atoms with Gasteiger partial charge in [-0.3, -0.25) is 0 Å². The Morgan fingerprint density at radius 3 is 1.13 bits per heavy atom. The molecule has 3 nitrogen and oxygen atoms in total. The van der Waals surface area contributed by atoms with Crippen LogP contribution >= 0.6 is 22.7 Å². The lowest BCUT2D eigenvalue weighted by molar-refractivity contribution is 0.407. The van der Waals surface area contributed by atoms with Crippen molar-refractivity contribution < 1.29 is 0 Å². The Morgan fingerprint density at radius 1 is 0.422 bits per heavy atom. The van der Waals surface area contributed by atoms with Crippen molar-refractivity contribution in [3.05, 3.63) is 156 Å². The van der Waals surface area contributed by atoms with E-state index in [0.717, 1.165) is 22.7 Å². The maximum atomic E-state index is 2.47. The fourth-order valence-electron chi connectivity index (χ4n) is 5.93. The lowest BCUT2D eigenvalue weighted by Gasteiger charge is -2.29. The highest BCUT2D eigenvalue weighted by Gasteiger charge is 2.23. The minimum Gasteiger partial charge on any atom is -0.335 e. The number of hydrogen-bond donors (Lipinski definition) is 0. The minimum absolute atomic E-state index is 0.119. The Hall–Kier alpha value is -4.84. The largest absolute Gasteiger partial charge is 0.335 e. The molecule has 0 saturated heterocycles. The summed E-state index contributed by atoms with van der Waals surface area (Å²) in [5, 5.41) is 6.65. The number of thiophene rings is 2. The Bertz CT molecular complexity index is 1810. The van der Waals surface area contributed by atoms with Gasteiger partial charge in [0.05, 0.1) is 10.0 Å². The number of anilines is 6. The van der Waals surface area contributed by atoms with Gasteiger partial charge >= 0.3 is 0 Å². The molecule has 7 rings (SSSR count). The number of nitrogens with zero attached hydrogens (tertiary/aromatic N) is 3. The molecule has 3 heterocycles. The minimum atomic E-state index is -0.119. The first-order valence-electron chi connectivity index (χ1n) is 15.2. The number of hydrogen-bond acceptors (Lipinski definition) is 4. The van der Waals surface area contributed by atoms with Crippen LogP contribution in [0.2, 0.25) is 0 Å². The predicted molar refractivity (Wildman–Crippen MR) is 195 cm³/mol. The number of benzene rings is 4. The quantitative estimate of drug-likeness (QED) is 0.167. The van der Waals surface area contributed by atoms with Crippen LogP contribution in [0, 0.1) is 0 Å². The van der Waals surface area contributed by atoms with E-state index < -0.39 is 0 Å². The zero-order valence-corrected chi connectivity index (χ0v) is 27.3. The summed E-state index contributed by atoms with van der Waals surface area (Å²) in [4.78, 5) is 4.64. The molecule has 0 fully saturated rings. The molecule has 0 N–H and O–H groups in total. The van der Waals surface area contributed by atoms with Crippen LogP contribution in [0.3, 0.4) is 0 Å². The molecule has 0 unspecified atom stereocenters. The van der Waals surface area contributed by atoms with Gasteiger partial charge in [0, 0.05) is 39.7 Å². The van der Waals surface area contributed by atoms with E-state index >= 15 is 0 Å². The molecule has 0 aliphatic rings. The van der Waals surface area contributed by atoms with Crippen molar-refractivity contribution in [3.8, 4) is 22.5 Å². The summed E-state index contributed by atoms with van der Waals surface area (Å²) in [6.07, 6.45) is 0. The summed E-state index contributed by atoms with van der Waals surface area (Å²) in [7, 11) is 0. The highest BCUT2D eigenvalue weighted by atomic mass is 32.1. The van der Waals surface area contributed by atoms with Gasteiger partial charge in [-0.25, -0.2) is 0 Å². The predicted octanol–water partition coefficient (Wildman–Crippen LogP) is 12.6. The molecule has 0 saturated carbocycles. The summed E-state index contributed by atoms with van der Waals surface area (Å²) in [6.45, 7) is 6.85. The molecule has 222 valence electrons. The van der Waals surface area contributed by atoms with Gasteiger partial charge in [-0.2, -0.15) is 0 Å². The van der Waals surface area contributed by atoms with Gasteiger partial charge < -0.3 is 14.4 Å². The number of rotatable bonds is 8. The smallest absolute Gasteiger partial charge is 0.0999 e. The molecule has 5 heteroatoms. The third-order valence-electron chi connectivity index (χ3n) is 7.88. The van der Waals surface area contributed by atoms with Gasteiger partial charge in [-0.1, -0.05) is 60.7 Å². The third kappa shape index (κ3) is 5.85. The van der Waals surface area contributed by atoms with Crippen LogP contribution in [0.15, 0.2) is 156 Å². The van der Waals surface area contributed by atoms with Gasteiger partial charge in [-0.05, 0) is 128 Å². The van der Waals surface area contributed by atoms with Gasteiger partial charge in [0.2, 0.25) is 0 Å². The summed E-state index contributed by atoms with van der Waals surface area (Å²) < 4.78 is 2.47. The maximum absolute atomic E-state index is 2.47. The topological polar surface area (TPSA) is 11.4 Å². The van der Waals surface area contributed by atoms with E-state index in [2.05, 4.69) is 191 Å². The third-order valence-corrected chi connectivity index (χ3v) is 9.58. The van der Waals surface area contributed by atoms with Gasteiger partial charge in [0.15, 0.2) is 0 Å². The van der Waals surface area contributed by atoms with Crippen molar-refractivity contribution in [3.63, 3.8) is 0 Å². The molecule has 0 bridgehead atoms. The molecule has 0 radical (unpaired) electrons. The molecule has 45 heavy (non-hydrogen) atoms. The standard InChI is InChI=1S/C40H35N3S2/c1-40(2,3)43-36(30-18-22-34(23-19-30)41(38-16-10-28-44-38)32-12-6-4-7-13-32)26-27-37(43)31-20-24-35(25-21-31)42(39-17-11-29-45-39)33-14-8-5-9-15-33/h4-29H,1-3H3. The van der Waals surface area contributed by atoms with E-state index in [9.17, 15) is 0 Å². The summed E-state index contributed by atoms with van der Waals surface area (Å²) >= 11 is 3.50. The van der Waals surface area contributed by atoms with Crippen molar-refractivity contribution in [2.45, 2.75) is 26.3 Å². The summed E-state index contributed by atoms with van der Waals surface area (Å²) in [5.74, 6) is 0. The second-order valence-electron chi connectivity index (χ2n) is 11.9. The number of para-hydroxylation sites is 2. The fourth-order valence-corrected chi connectivity index (χ4v) is 7.47. The molecule has 7 aromatic rings. The van der Waals surface area contributed by atoms with E-state index in [-0.39, 0.29) is 5.54 Å². The Kier molecular flexibility index (Phi) is 7.88. The van der Waals surface area contributed by atoms with Crippen LogP contribution < -0.4 is 9.80 Å². The van der Waals surface area contributed by atoms with E-state index in [4.69, 9.17) is 0 Å². The Balaban J connectivity index is 1.24.